The van der Waals surface area contributed by atoms with Crippen LogP contribution >= 0.6 is 0 Å². The van der Waals surface area contributed by atoms with Crippen LogP contribution in [0.3, 0.4) is 0 Å². The summed E-state index contributed by atoms with van der Waals surface area (Å²) in [7, 11) is -2.33. The number of hydrogen-bond donors (Lipinski definition) is 1. The molecule has 0 aliphatic rings. The molecular weight excluding hydrogens is 184 g/mol. The predicted molar refractivity (Wildman–Crippen MR) is 39.2 cm³/mol. The summed E-state index contributed by atoms with van der Waals surface area (Å²) in [4.78, 5) is 0. The van der Waals surface area contributed by atoms with Gasteiger partial charge in [-0.2, -0.15) is 12.8 Å². The molecule has 1 heterocycles. The third kappa shape index (κ3) is 3.78. The van der Waals surface area contributed by atoms with Crippen LogP contribution in [0.5, 0.6) is 0 Å². The molecule has 0 unspecified atom stereocenters. The van der Waals surface area contributed by atoms with Gasteiger partial charge in [-0.25, -0.2) is 4.63 Å². The zero-order valence-corrected chi connectivity index (χ0v) is 6.99. The second-order valence-electron chi connectivity index (χ2n) is 1.72. The van der Waals surface area contributed by atoms with E-state index in [0.717, 1.165) is 0 Å². The van der Waals surface area contributed by atoms with E-state index in [0.29, 0.717) is 12.1 Å². The Hall–Kier alpha value is -1.28. The van der Waals surface area contributed by atoms with Gasteiger partial charge in [-0.05, 0) is 0 Å². The van der Waals surface area contributed by atoms with Gasteiger partial charge in [0.2, 0.25) is 0 Å². The van der Waals surface area contributed by atoms with Gasteiger partial charge in [0.05, 0.1) is 12.7 Å². The number of rotatable bonds is 3. The molecule has 0 radical (unpaired) electrons. The van der Waals surface area contributed by atoms with Gasteiger partial charge in [0.15, 0.2) is 0 Å². The fourth-order valence-electron chi connectivity index (χ4n) is 0.529. The minimum Gasteiger partial charge on any atom is -0.344 e. The summed E-state index contributed by atoms with van der Waals surface area (Å²) in [6.45, 7) is 0.185. The standard InChI is InChI=1S/C4H5N3O3S.H3N/c8-11(9)6-2-1-4-3-5-10-7-4;/h3H,1-2H2;1H3. The molecule has 0 aliphatic carbocycles. The lowest BCUT2D eigenvalue weighted by molar-refractivity contribution is 0.303. The van der Waals surface area contributed by atoms with Gasteiger partial charge < -0.3 is 6.15 Å². The van der Waals surface area contributed by atoms with E-state index in [-0.39, 0.29) is 12.7 Å². The van der Waals surface area contributed by atoms with Gasteiger partial charge in [-0.3, -0.25) is 0 Å². The van der Waals surface area contributed by atoms with Crippen LogP contribution in [0.15, 0.2) is 15.2 Å². The molecule has 0 atom stereocenters. The normalized spacial score (nSPS) is 8.67. The molecule has 1 rings (SSSR count). The molecule has 0 spiro atoms. The average molecular weight is 192 g/mol. The van der Waals surface area contributed by atoms with E-state index in [9.17, 15) is 8.42 Å². The lowest BCUT2D eigenvalue weighted by Gasteiger charge is -1.82. The van der Waals surface area contributed by atoms with E-state index in [1.54, 1.807) is 0 Å². The zero-order chi connectivity index (χ0) is 8.10. The topological polar surface area (TPSA) is 120 Å². The second kappa shape index (κ2) is 5.38. The van der Waals surface area contributed by atoms with Crippen molar-refractivity contribution in [3.63, 3.8) is 0 Å². The van der Waals surface area contributed by atoms with E-state index in [2.05, 4.69) is 19.3 Å². The maximum absolute atomic E-state index is 9.90. The van der Waals surface area contributed by atoms with Gasteiger partial charge in [-0.1, -0.05) is 10.3 Å². The maximum Gasteiger partial charge on any atom is 0.311 e. The summed E-state index contributed by atoms with van der Waals surface area (Å²) >= 11 is 0. The Morgan fingerprint density at radius 2 is 2.33 bits per heavy atom. The first-order valence-electron chi connectivity index (χ1n) is 2.82. The molecule has 7 nitrogen and oxygen atoms in total. The Labute approximate surface area is 70.0 Å². The number of aromatic nitrogens is 2. The second-order valence-corrected chi connectivity index (χ2v) is 2.41. The SMILES string of the molecule is N.O=S(=O)=NCCc1cnon1. The molecule has 0 bridgehead atoms. The lowest BCUT2D eigenvalue weighted by atomic mass is 10.3. The van der Waals surface area contributed by atoms with Crippen LogP contribution in [0.2, 0.25) is 0 Å². The quantitative estimate of drug-likeness (QED) is 0.710. The number of hydrogen-bond acceptors (Lipinski definition) is 7. The van der Waals surface area contributed by atoms with Crippen molar-refractivity contribution in [1.29, 1.82) is 0 Å². The molecule has 0 aromatic carbocycles. The van der Waals surface area contributed by atoms with Crippen LogP contribution in [-0.4, -0.2) is 25.3 Å². The summed E-state index contributed by atoms with van der Waals surface area (Å²) in [6.07, 6.45) is 1.85. The Balaban J connectivity index is 0.00000121. The van der Waals surface area contributed by atoms with E-state index in [4.69, 9.17) is 0 Å². The van der Waals surface area contributed by atoms with Crippen LogP contribution in [0, 0.1) is 0 Å². The summed E-state index contributed by atoms with van der Waals surface area (Å²) in [5, 5.41) is 6.80. The average Bonchev–Trinajstić information content (AvgIpc) is 2.39. The molecule has 1 aromatic rings. The van der Waals surface area contributed by atoms with Crippen LogP contribution in [0.4, 0.5) is 0 Å². The Bertz CT molecular complexity index is 321. The Morgan fingerprint density at radius 1 is 1.58 bits per heavy atom. The van der Waals surface area contributed by atoms with Crippen LogP contribution < -0.4 is 6.15 Å². The first kappa shape index (κ1) is 10.7. The molecule has 8 heteroatoms. The van der Waals surface area contributed by atoms with Crippen LogP contribution in [0.1, 0.15) is 5.69 Å². The third-order valence-corrected chi connectivity index (χ3v) is 1.36. The van der Waals surface area contributed by atoms with Crippen molar-refractivity contribution in [3.8, 4) is 0 Å². The minimum atomic E-state index is -2.33. The summed E-state index contributed by atoms with van der Waals surface area (Å²) < 4.78 is 27.3. The van der Waals surface area contributed by atoms with E-state index < -0.39 is 10.5 Å². The van der Waals surface area contributed by atoms with Crippen LogP contribution in [0.25, 0.3) is 0 Å². The van der Waals surface area contributed by atoms with E-state index >= 15 is 0 Å². The molecule has 3 N–H and O–H groups in total. The lowest BCUT2D eigenvalue weighted by Crippen LogP contribution is -1.88. The highest BCUT2D eigenvalue weighted by atomic mass is 32.2. The van der Waals surface area contributed by atoms with Gasteiger partial charge in [0.25, 0.3) is 0 Å². The highest BCUT2D eigenvalue weighted by Gasteiger charge is 1.94. The highest BCUT2D eigenvalue weighted by molar-refractivity contribution is 7.61. The van der Waals surface area contributed by atoms with E-state index in [1.807, 2.05) is 0 Å². The van der Waals surface area contributed by atoms with Crippen molar-refractivity contribution < 1.29 is 13.0 Å². The summed E-state index contributed by atoms with van der Waals surface area (Å²) in [5.74, 6) is 0. The van der Waals surface area contributed by atoms with Crippen molar-refractivity contribution in [3.05, 3.63) is 11.9 Å². The van der Waals surface area contributed by atoms with Crippen molar-refractivity contribution in [2.75, 3.05) is 6.54 Å². The molecule has 68 valence electrons. The van der Waals surface area contributed by atoms with E-state index in [1.165, 1.54) is 6.20 Å². The Morgan fingerprint density at radius 3 is 2.83 bits per heavy atom. The van der Waals surface area contributed by atoms with Crippen molar-refractivity contribution >= 4 is 10.5 Å². The largest absolute Gasteiger partial charge is 0.344 e. The maximum atomic E-state index is 9.90. The first-order chi connectivity index (χ1) is 5.29. The zero-order valence-electron chi connectivity index (χ0n) is 6.17. The van der Waals surface area contributed by atoms with Gasteiger partial charge in [0, 0.05) is 6.42 Å². The molecule has 1 aromatic heterocycles. The summed E-state index contributed by atoms with van der Waals surface area (Å²) in [5.41, 5.74) is 0.596. The van der Waals surface area contributed by atoms with Gasteiger partial charge >= 0.3 is 10.5 Å². The summed E-state index contributed by atoms with van der Waals surface area (Å²) in [6, 6.07) is 0. The van der Waals surface area contributed by atoms with Crippen molar-refractivity contribution in [2.45, 2.75) is 6.42 Å². The molecule has 0 amide bonds. The molecule has 12 heavy (non-hydrogen) atoms. The highest BCUT2D eigenvalue weighted by Crippen LogP contribution is 1.91. The molecule has 0 saturated heterocycles. The third-order valence-electron chi connectivity index (χ3n) is 0.972. The molecular formula is C4H8N4O3S. The van der Waals surface area contributed by atoms with Crippen molar-refractivity contribution in [1.82, 2.24) is 16.5 Å². The molecule has 0 saturated carbocycles. The predicted octanol–water partition coefficient (Wildman–Crippen LogP) is -0.163. The Kier molecular flexibility index (Phi) is 4.81. The fraction of sp³-hybridized carbons (Fsp3) is 0.500. The monoisotopic (exact) mass is 192 g/mol. The van der Waals surface area contributed by atoms with Crippen molar-refractivity contribution in [2.24, 2.45) is 4.36 Å². The van der Waals surface area contributed by atoms with Crippen LogP contribution in [-0.2, 0) is 16.9 Å². The minimum absolute atomic E-state index is 0. The fourth-order valence-corrected chi connectivity index (χ4v) is 0.769. The van der Waals surface area contributed by atoms with Gasteiger partial charge in [0.1, 0.15) is 5.69 Å². The first-order valence-corrected chi connectivity index (χ1v) is 3.85. The molecule has 0 fully saturated rings. The van der Waals surface area contributed by atoms with Gasteiger partial charge in [-0.15, -0.1) is 0 Å². The molecule has 0 aliphatic heterocycles. The smallest absolute Gasteiger partial charge is 0.311 e. The number of nitrogens with zero attached hydrogens (tertiary/aromatic N) is 3.